The van der Waals surface area contributed by atoms with Crippen molar-refractivity contribution in [3.63, 3.8) is 0 Å². The summed E-state index contributed by atoms with van der Waals surface area (Å²) >= 11 is 0. The summed E-state index contributed by atoms with van der Waals surface area (Å²) in [4.78, 5) is 19.3. The van der Waals surface area contributed by atoms with Gasteiger partial charge in [0, 0.05) is 0 Å². The van der Waals surface area contributed by atoms with Gasteiger partial charge in [-0.3, -0.25) is 9.59 Å². The number of rotatable bonds is 3. The summed E-state index contributed by atoms with van der Waals surface area (Å²) < 4.78 is 0. The summed E-state index contributed by atoms with van der Waals surface area (Å²) in [5, 5.41) is 15.8. The predicted octanol–water partition coefficient (Wildman–Crippen LogP) is -3.52. The molecular formula is C4H16MgO8. The fraction of sp³-hybridized carbons (Fsp3) is 0.500. The Hall–Kier alpha value is -0.454. The molecule has 0 aromatic carbocycles. The van der Waals surface area contributed by atoms with Gasteiger partial charge in [-0.1, -0.05) is 0 Å². The molecule has 9 heteroatoms. The minimum absolute atomic E-state index is 0. The Morgan fingerprint density at radius 1 is 0.846 bits per heavy atom. The number of aliphatic carboxylic acids is 2. The molecule has 0 spiro atoms. The molecule has 0 unspecified atom stereocenters. The van der Waals surface area contributed by atoms with E-state index in [1.165, 1.54) is 0 Å². The van der Waals surface area contributed by atoms with Crippen molar-refractivity contribution in [2.75, 3.05) is 0 Å². The molecule has 0 radical (unpaired) electrons. The molecule has 0 aliphatic heterocycles. The van der Waals surface area contributed by atoms with E-state index < -0.39 is 11.9 Å². The second kappa shape index (κ2) is 22.6. The summed E-state index contributed by atoms with van der Waals surface area (Å²) in [5.74, 6) is -2.15. The van der Waals surface area contributed by atoms with Crippen LogP contribution in [0.5, 0.6) is 0 Å². The summed E-state index contributed by atoms with van der Waals surface area (Å²) in [6.45, 7) is 0. The molecule has 0 rings (SSSR count). The molecule has 0 atom stereocenters. The zero-order valence-corrected chi connectivity index (χ0v) is 8.25. The van der Waals surface area contributed by atoms with Gasteiger partial charge in [-0.15, -0.1) is 0 Å². The van der Waals surface area contributed by atoms with E-state index in [1.54, 1.807) is 0 Å². The third kappa shape index (κ3) is 50.9. The number of hydrogen-bond acceptors (Lipinski definition) is 2. The van der Waals surface area contributed by atoms with E-state index >= 15 is 0 Å². The van der Waals surface area contributed by atoms with Gasteiger partial charge >= 0.3 is 35.0 Å². The number of hydrogen-bond donors (Lipinski definition) is 2. The van der Waals surface area contributed by atoms with Gasteiger partial charge in [0.1, 0.15) is 0 Å². The fourth-order valence-electron chi connectivity index (χ4n) is 0.214. The summed E-state index contributed by atoms with van der Waals surface area (Å²) in [6.07, 6.45) is -0.593. The van der Waals surface area contributed by atoms with Gasteiger partial charge in [-0.05, 0) is 0 Å². The largest absolute Gasteiger partial charge is 2.00 e. The van der Waals surface area contributed by atoms with Gasteiger partial charge < -0.3 is 35.0 Å². The average Bonchev–Trinajstić information content (AvgIpc) is 1.61. The van der Waals surface area contributed by atoms with E-state index in [4.69, 9.17) is 10.2 Å². The Labute approximate surface area is 92.9 Å². The zero-order valence-electron chi connectivity index (χ0n) is 8.83. The normalized spacial score (nSPS) is 5.23. The van der Waals surface area contributed by atoms with Crippen LogP contribution < -0.4 is 0 Å². The van der Waals surface area contributed by atoms with Gasteiger partial charge in [0.05, 0.1) is 12.8 Å². The molecular weight excluding hydrogens is 200 g/mol. The maximum absolute atomic E-state index is 9.64. The first-order valence-corrected chi connectivity index (χ1v) is 2.06. The first-order valence-electron chi connectivity index (χ1n) is 2.06. The van der Waals surface area contributed by atoms with E-state index in [9.17, 15) is 9.59 Å². The van der Waals surface area contributed by atoms with Crippen molar-refractivity contribution in [3.05, 3.63) is 0 Å². The summed E-state index contributed by atoms with van der Waals surface area (Å²) in [6, 6.07) is 0. The molecule has 0 heterocycles. The van der Waals surface area contributed by atoms with Crippen LogP contribution in [0.3, 0.4) is 0 Å². The van der Waals surface area contributed by atoms with Crippen molar-refractivity contribution in [1.29, 1.82) is 0 Å². The monoisotopic (exact) mass is 216 g/mol. The molecule has 0 bridgehead atoms. The molecule has 0 saturated heterocycles. The van der Waals surface area contributed by atoms with Crippen LogP contribution >= 0.6 is 0 Å². The third-order valence-corrected chi connectivity index (χ3v) is 0.553. The van der Waals surface area contributed by atoms with Crippen LogP contribution in [0, 0.1) is 0 Å². The van der Waals surface area contributed by atoms with Gasteiger partial charge in [0.25, 0.3) is 0 Å². The smallest absolute Gasteiger partial charge is 1.00 e. The Morgan fingerprint density at radius 2 is 1.00 bits per heavy atom. The Morgan fingerprint density at radius 3 is 1.08 bits per heavy atom. The first-order chi connectivity index (χ1) is 3.63. The van der Waals surface area contributed by atoms with Gasteiger partial charge in [-0.2, -0.15) is 0 Å². The Balaban J connectivity index is -0.0000000117. The molecule has 82 valence electrons. The summed E-state index contributed by atoms with van der Waals surface area (Å²) in [5.41, 5.74) is 0. The molecule has 13 heavy (non-hydrogen) atoms. The Kier molecular flexibility index (Phi) is 67.7. The van der Waals surface area contributed by atoms with Crippen LogP contribution in [0.2, 0.25) is 0 Å². The first kappa shape index (κ1) is 39.0. The van der Waals surface area contributed by atoms with Crippen LogP contribution in [0.25, 0.3) is 0 Å². The number of carboxylic acid groups (broad SMARTS) is 2. The van der Waals surface area contributed by atoms with Crippen molar-refractivity contribution in [3.8, 4) is 0 Å². The zero-order chi connectivity index (χ0) is 6.57. The van der Waals surface area contributed by atoms with Crippen molar-refractivity contribution >= 4 is 35.0 Å². The van der Waals surface area contributed by atoms with E-state index in [2.05, 4.69) is 0 Å². The average molecular weight is 216 g/mol. The quantitative estimate of drug-likeness (QED) is 0.460. The van der Waals surface area contributed by atoms with Crippen LogP contribution in [-0.2, 0) is 9.59 Å². The second-order valence-electron chi connectivity index (χ2n) is 1.29. The van der Waals surface area contributed by atoms with Crippen LogP contribution in [0.15, 0.2) is 0 Å². The standard InChI is InChI=1S/C4H6O4.Mg.4H2O.2H/c5-3(6)1-2-4(7)8;;;;;;;/h1-2H2,(H,5,6)(H,7,8);;4*1H2;;/q;+2;;;;;2*-1. The SMILES string of the molecule is O.O.O.O.O=C(O)CCC(=O)O.[H-].[H-].[Mg+2]. The van der Waals surface area contributed by atoms with Gasteiger partial charge in [0.2, 0.25) is 0 Å². The van der Waals surface area contributed by atoms with Crippen LogP contribution in [-0.4, -0.2) is 67.1 Å². The fourth-order valence-corrected chi connectivity index (χ4v) is 0.214. The van der Waals surface area contributed by atoms with Crippen molar-refractivity contribution in [2.24, 2.45) is 0 Å². The molecule has 8 nitrogen and oxygen atoms in total. The van der Waals surface area contributed by atoms with Gasteiger partial charge in [0.15, 0.2) is 0 Å². The third-order valence-electron chi connectivity index (χ3n) is 0.553. The number of carboxylic acids is 2. The molecule has 0 aromatic heterocycles. The molecule has 0 aliphatic carbocycles. The minimum atomic E-state index is -1.08. The predicted molar refractivity (Wildman–Crippen MR) is 46.9 cm³/mol. The molecule has 0 saturated carbocycles. The van der Waals surface area contributed by atoms with Crippen molar-refractivity contribution in [1.82, 2.24) is 0 Å². The molecule has 10 N–H and O–H groups in total. The minimum Gasteiger partial charge on any atom is -1.00 e. The van der Waals surface area contributed by atoms with E-state index in [1.807, 2.05) is 0 Å². The summed E-state index contributed by atoms with van der Waals surface area (Å²) in [7, 11) is 0. The maximum atomic E-state index is 9.64. The number of carbonyl (C=O) groups is 2. The van der Waals surface area contributed by atoms with Crippen LogP contribution in [0.4, 0.5) is 0 Å². The van der Waals surface area contributed by atoms with Crippen molar-refractivity contribution in [2.45, 2.75) is 12.8 Å². The van der Waals surface area contributed by atoms with E-state index in [-0.39, 0.29) is 60.7 Å². The van der Waals surface area contributed by atoms with E-state index in [0.29, 0.717) is 0 Å². The second-order valence-corrected chi connectivity index (χ2v) is 1.29. The Bertz CT molecular complexity index is 109. The van der Waals surface area contributed by atoms with Crippen LogP contribution in [0.1, 0.15) is 15.7 Å². The van der Waals surface area contributed by atoms with Gasteiger partial charge in [-0.25, -0.2) is 0 Å². The van der Waals surface area contributed by atoms with Crippen molar-refractivity contribution < 1.29 is 44.6 Å². The topological polar surface area (TPSA) is 201 Å². The molecule has 0 aliphatic rings. The molecule has 0 amide bonds. The molecule has 0 aromatic rings. The maximum Gasteiger partial charge on any atom is 2.00 e. The molecule has 0 fully saturated rings. The van der Waals surface area contributed by atoms with E-state index in [0.717, 1.165) is 0 Å².